The molecule has 7 heteroatoms. The summed E-state index contributed by atoms with van der Waals surface area (Å²) in [6, 6.07) is 8.62. The Morgan fingerprint density at radius 1 is 1.25 bits per heavy atom. The molecule has 0 aliphatic heterocycles. The lowest BCUT2D eigenvalue weighted by molar-refractivity contribution is 0.0773. The number of furan rings is 1. The number of rotatable bonds is 5. The largest absolute Gasteiger partial charge is 0.459 e. The summed E-state index contributed by atoms with van der Waals surface area (Å²) < 4.78 is 5.91. The highest BCUT2D eigenvalue weighted by Crippen LogP contribution is 2.27. The van der Waals surface area contributed by atoms with Gasteiger partial charge in [-0.25, -0.2) is 4.98 Å². The maximum atomic E-state index is 12.4. The van der Waals surface area contributed by atoms with Crippen LogP contribution in [0.2, 0.25) is 0 Å². The molecule has 0 aliphatic carbocycles. The molecule has 0 spiro atoms. The van der Waals surface area contributed by atoms with Gasteiger partial charge in [-0.15, -0.1) is 0 Å². The number of nitrogens with zero attached hydrogens (tertiary/aromatic N) is 2. The van der Waals surface area contributed by atoms with Gasteiger partial charge in [0.15, 0.2) is 10.9 Å². The highest BCUT2D eigenvalue weighted by Gasteiger charge is 2.15. The average molecular weight is 343 g/mol. The monoisotopic (exact) mass is 343 g/mol. The molecule has 0 bridgehead atoms. The Bertz CT molecular complexity index is 866. The number of hydrogen-bond acceptors (Lipinski definition) is 5. The Kier molecular flexibility index (Phi) is 4.61. The quantitative estimate of drug-likeness (QED) is 0.768. The van der Waals surface area contributed by atoms with Gasteiger partial charge in [-0.05, 0) is 44.2 Å². The lowest BCUT2D eigenvalue weighted by atomic mass is 10.2. The Morgan fingerprint density at radius 2 is 2.04 bits per heavy atom. The number of carbonyl (C=O) groups excluding carboxylic acids is 2. The number of fused-ring (bicyclic) bond motifs is 1. The SMILES string of the molecule is CCN(CC)C(=O)c1ccc2nc(NC(=O)c3ccco3)sc2c1. The first kappa shape index (κ1) is 16.2. The van der Waals surface area contributed by atoms with Crippen LogP contribution in [0.25, 0.3) is 10.2 Å². The molecular formula is C17H17N3O3S. The van der Waals surface area contributed by atoms with E-state index in [4.69, 9.17) is 4.42 Å². The van der Waals surface area contributed by atoms with E-state index >= 15 is 0 Å². The molecular weight excluding hydrogens is 326 g/mol. The third kappa shape index (κ3) is 3.16. The summed E-state index contributed by atoms with van der Waals surface area (Å²) in [5, 5.41) is 3.18. The second-order valence-electron chi connectivity index (χ2n) is 5.11. The molecule has 0 radical (unpaired) electrons. The van der Waals surface area contributed by atoms with Crippen molar-refractivity contribution in [3.63, 3.8) is 0 Å². The number of benzene rings is 1. The van der Waals surface area contributed by atoms with Crippen LogP contribution in [-0.2, 0) is 0 Å². The molecule has 1 N–H and O–H groups in total. The summed E-state index contributed by atoms with van der Waals surface area (Å²) in [5.41, 5.74) is 1.37. The second kappa shape index (κ2) is 6.84. The molecule has 0 unspecified atom stereocenters. The predicted octanol–water partition coefficient (Wildman–Crippen LogP) is 3.62. The van der Waals surface area contributed by atoms with Gasteiger partial charge in [0.2, 0.25) is 0 Å². The number of carbonyl (C=O) groups is 2. The molecule has 2 heterocycles. The van der Waals surface area contributed by atoms with Crippen LogP contribution in [0.5, 0.6) is 0 Å². The number of anilines is 1. The number of thiazole rings is 1. The fourth-order valence-electron chi connectivity index (χ4n) is 2.37. The number of aromatic nitrogens is 1. The third-order valence-electron chi connectivity index (χ3n) is 3.65. The fourth-order valence-corrected chi connectivity index (χ4v) is 3.27. The van der Waals surface area contributed by atoms with Crippen molar-refractivity contribution < 1.29 is 14.0 Å². The van der Waals surface area contributed by atoms with E-state index in [1.54, 1.807) is 29.2 Å². The van der Waals surface area contributed by atoms with Crippen LogP contribution in [0.15, 0.2) is 41.0 Å². The van der Waals surface area contributed by atoms with Gasteiger partial charge in [0.05, 0.1) is 16.5 Å². The maximum Gasteiger partial charge on any atom is 0.293 e. The van der Waals surface area contributed by atoms with Crippen LogP contribution in [0.1, 0.15) is 34.8 Å². The Hall–Kier alpha value is -2.67. The van der Waals surface area contributed by atoms with Gasteiger partial charge in [0, 0.05) is 18.7 Å². The number of nitrogens with one attached hydrogen (secondary N) is 1. The normalized spacial score (nSPS) is 10.8. The van der Waals surface area contributed by atoms with E-state index < -0.39 is 0 Å². The van der Waals surface area contributed by atoms with Crippen molar-refractivity contribution in [3.05, 3.63) is 47.9 Å². The van der Waals surface area contributed by atoms with Crippen LogP contribution >= 0.6 is 11.3 Å². The highest BCUT2D eigenvalue weighted by molar-refractivity contribution is 7.22. The van der Waals surface area contributed by atoms with E-state index in [1.165, 1.54) is 17.6 Å². The van der Waals surface area contributed by atoms with E-state index in [0.29, 0.717) is 23.8 Å². The smallest absolute Gasteiger partial charge is 0.293 e. The Labute approximate surface area is 143 Å². The highest BCUT2D eigenvalue weighted by atomic mass is 32.1. The molecule has 124 valence electrons. The fraction of sp³-hybridized carbons (Fsp3) is 0.235. The van der Waals surface area contributed by atoms with Gasteiger partial charge < -0.3 is 9.32 Å². The van der Waals surface area contributed by atoms with Gasteiger partial charge in [-0.3, -0.25) is 14.9 Å². The Morgan fingerprint density at radius 3 is 2.71 bits per heavy atom. The summed E-state index contributed by atoms with van der Waals surface area (Å²) in [6.45, 7) is 5.24. The van der Waals surface area contributed by atoms with Crippen LogP contribution in [-0.4, -0.2) is 34.8 Å². The number of hydrogen-bond donors (Lipinski definition) is 1. The topological polar surface area (TPSA) is 75.4 Å². The average Bonchev–Trinajstić information content (AvgIpc) is 3.24. The second-order valence-corrected chi connectivity index (χ2v) is 6.14. The van der Waals surface area contributed by atoms with E-state index in [1.807, 2.05) is 19.9 Å². The van der Waals surface area contributed by atoms with E-state index in [9.17, 15) is 9.59 Å². The molecule has 1 aromatic carbocycles. The van der Waals surface area contributed by atoms with E-state index in [-0.39, 0.29) is 17.6 Å². The minimum atomic E-state index is -0.349. The molecule has 2 aromatic heterocycles. The van der Waals surface area contributed by atoms with Crippen molar-refractivity contribution >= 4 is 38.5 Å². The molecule has 0 saturated carbocycles. The van der Waals surface area contributed by atoms with E-state index in [0.717, 1.165) is 10.2 Å². The van der Waals surface area contributed by atoms with Gasteiger partial charge in [0.1, 0.15) is 0 Å². The van der Waals surface area contributed by atoms with Crippen molar-refractivity contribution in [1.82, 2.24) is 9.88 Å². The summed E-state index contributed by atoms with van der Waals surface area (Å²) in [6.07, 6.45) is 1.44. The first-order valence-electron chi connectivity index (χ1n) is 7.67. The van der Waals surface area contributed by atoms with Crippen molar-refractivity contribution in [3.8, 4) is 0 Å². The minimum Gasteiger partial charge on any atom is -0.459 e. The molecule has 0 aliphatic rings. The van der Waals surface area contributed by atoms with Gasteiger partial charge in [0.25, 0.3) is 11.8 Å². The molecule has 24 heavy (non-hydrogen) atoms. The van der Waals surface area contributed by atoms with E-state index in [2.05, 4.69) is 10.3 Å². The van der Waals surface area contributed by atoms with Crippen molar-refractivity contribution in [2.75, 3.05) is 18.4 Å². The first-order chi connectivity index (χ1) is 11.6. The Balaban J connectivity index is 1.84. The maximum absolute atomic E-state index is 12.4. The van der Waals surface area contributed by atoms with Gasteiger partial charge >= 0.3 is 0 Å². The van der Waals surface area contributed by atoms with Crippen LogP contribution in [0.3, 0.4) is 0 Å². The molecule has 0 fully saturated rings. The molecule has 2 amide bonds. The zero-order valence-electron chi connectivity index (χ0n) is 13.4. The van der Waals surface area contributed by atoms with Crippen LogP contribution in [0, 0.1) is 0 Å². The van der Waals surface area contributed by atoms with Gasteiger partial charge in [-0.1, -0.05) is 11.3 Å². The lowest BCUT2D eigenvalue weighted by Gasteiger charge is -2.18. The third-order valence-corrected chi connectivity index (χ3v) is 4.59. The van der Waals surface area contributed by atoms with Crippen molar-refractivity contribution in [1.29, 1.82) is 0 Å². The summed E-state index contributed by atoms with van der Waals surface area (Å²) >= 11 is 1.33. The first-order valence-corrected chi connectivity index (χ1v) is 8.48. The summed E-state index contributed by atoms with van der Waals surface area (Å²) in [7, 11) is 0. The molecule has 0 saturated heterocycles. The standard InChI is InChI=1S/C17H17N3O3S/c1-3-20(4-2)16(22)11-7-8-12-14(10-11)24-17(18-12)19-15(21)13-6-5-9-23-13/h5-10H,3-4H2,1-2H3,(H,18,19,21). The van der Waals surface area contributed by atoms with Crippen LogP contribution in [0.4, 0.5) is 5.13 Å². The molecule has 3 rings (SSSR count). The van der Waals surface area contributed by atoms with Gasteiger partial charge in [-0.2, -0.15) is 0 Å². The summed E-state index contributed by atoms with van der Waals surface area (Å²) in [5.74, 6) is -0.123. The predicted molar refractivity (Wildman–Crippen MR) is 93.5 cm³/mol. The van der Waals surface area contributed by atoms with Crippen molar-refractivity contribution in [2.45, 2.75) is 13.8 Å². The molecule has 3 aromatic rings. The zero-order valence-corrected chi connectivity index (χ0v) is 14.2. The molecule has 6 nitrogen and oxygen atoms in total. The number of amides is 2. The van der Waals surface area contributed by atoms with Crippen molar-refractivity contribution in [2.24, 2.45) is 0 Å². The minimum absolute atomic E-state index is 0.00327. The zero-order chi connectivity index (χ0) is 17.1. The lowest BCUT2D eigenvalue weighted by Crippen LogP contribution is -2.30. The van der Waals surface area contributed by atoms with Crippen LogP contribution < -0.4 is 5.32 Å². The summed E-state index contributed by atoms with van der Waals surface area (Å²) in [4.78, 5) is 30.5. The molecule has 0 atom stereocenters.